The minimum Gasteiger partial charge on any atom is -0.493 e. The molecule has 2 aromatic heterocycles. The van der Waals surface area contributed by atoms with Crippen LogP contribution in [0.25, 0.3) is 27.4 Å². The van der Waals surface area contributed by atoms with Gasteiger partial charge in [-0.05, 0) is 57.0 Å². The van der Waals surface area contributed by atoms with Crippen LogP contribution in [0.3, 0.4) is 0 Å². The van der Waals surface area contributed by atoms with Crippen LogP contribution in [0.2, 0.25) is 0 Å². The summed E-state index contributed by atoms with van der Waals surface area (Å²) in [6.07, 6.45) is 7.24. The van der Waals surface area contributed by atoms with Gasteiger partial charge in [0.05, 0.1) is 30.4 Å². The molecule has 0 bridgehead atoms. The number of aromatic nitrogens is 2. The highest BCUT2D eigenvalue weighted by Crippen LogP contribution is 2.38. The second-order valence-electron chi connectivity index (χ2n) is 7.62. The van der Waals surface area contributed by atoms with Crippen molar-refractivity contribution < 1.29 is 9.47 Å². The Bertz CT molecular complexity index is 1070. The van der Waals surface area contributed by atoms with Crippen LogP contribution in [0.4, 0.5) is 0 Å². The van der Waals surface area contributed by atoms with Crippen molar-refractivity contribution in [2.24, 2.45) is 5.10 Å². The van der Waals surface area contributed by atoms with Crippen LogP contribution in [-0.2, 0) is 0 Å². The fourth-order valence-electron chi connectivity index (χ4n) is 4.11. The predicted molar refractivity (Wildman–Crippen MR) is 122 cm³/mol. The smallest absolute Gasteiger partial charge is 0.163 e. The van der Waals surface area contributed by atoms with Gasteiger partial charge in [0.15, 0.2) is 11.5 Å². The quantitative estimate of drug-likeness (QED) is 0.317. The maximum atomic E-state index is 6.09. The highest BCUT2D eigenvalue weighted by Gasteiger charge is 2.16. The molecule has 1 saturated heterocycles. The number of likely N-dealkylation sites (tertiary alicyclic amines) is 1. The highest BCUT2D eigenvalue weighted by atomic mass is 16.5. The van der Waals surface area contributed by atoms with Gasteiger partial charge in [-0.2, -0.15) is 5.10 Å². The third-order valence-electron chi connectivity index (χ3n) is 5.61. The van der Waals surface area contributed by atoms with Crippen molar-refractivity contribution in [1.29, 1.82) is 0 Å². The topological polar surface area (TPSA) is 74.8 Å². The first kappa shape index (κ1) is 20.2. The summed E-state index contributed by atoms with van der Waals surface area (Å²) in [6, 6.07) is 6.03. The molecule has 0 atom stereocenters. The molecule has 3 aromatic rings. The SMILES string of the molecule is C=NN/C=C(\C)c1nccc2[nH]c3cc(OCCCN4CCCC4)c(OC)cc3c12. The lowest BCUT2D eigenvalue weighted by molar-refractivity contribution is 0.254. The van der Waals surface area contributed by atoms with Crippen molar-refractivity contribution in [1.82, 2.24) is 20.3 Å². The van der Waals surface area contributed by atoms with Crippen molar-refractivity contribution in [3.63, 3.8) is 0 Å². The average Bonchev–Trinajstić information content (AvgIpc) is 3.41. The molecule has 1 fully saturated rings. The molecule has 1 aromatic carbocycles. The van der Waals surface area contributed by atoms with Crippen LogP contribution < -0.4 is 14.9 Å². The number of nitrogens with one attached hydrogen (secondary N) is 2. The van der Waals surface area contributed by atoms with Crippen LogP contribution in [0.15, 0.2) is 35.7 Å². The van der Waals surface area contributed by atoms with Gasteiger partial charge in [-0.1, -0.05) is 0 Å². The van der Waals surface area contributed by atoms with E-state index in [-0.39, 0.29) is 0 Å². The van der Waals surface area contributed by atoms with Crippen LogP contribution in [-0.4, -0.2) is 54.9 Å². The molecule has 7 heteroatoms. The number of benzene rings is 1. The van der Waals surface area contributed by atoms with E-state index in [0.29, 0.717) is 6.61 Å². The molecule has 1 aliphatic rings. The zero-order valence-electron chi connectivity index (χ0n) is 17.7. The lowest BCUT2D eigenvalue weighted by atomic mass is 10.1. The second kappa shape index (κ2) is 9.17. The number of methoxy groups -OCH3 is 1. The number of H-pyrrole nitrogens is 1. The molecule has 3 heterocycles. The van der Waals surface area contributed by atoms with Crippen molar-refractivity contribution in [3.05, 3.63) is 36.3 Å². The Labute approximate surface area is 176 Å². The molecule has 7 nitrogen and oxygen atoms in total. The van der Waals surface area contributed by atoms with E-state index in [1.54, 1.807) is 19.5 Å². The fraction of sp³-hybridized carbons (Fsp3) is 0.391. The number of rotatable bonds is 9. The van der Waals surface area contributed by atoms with Crippen molar-refractivity contribution >= 4 is 34.1 Å². The second-order valence-corrected chi connectivity index (χ2v) is 7.62. The van der Waals surface area contributed by atoms with Crippen LogP contribution in [0.1, 0.15) is 31.9 Å². The fourth-order valence-corrected chi connectivity index (χ4v) is 4.11. The van der Waals surface area contributed by atoms with E-state index in [2.05, 4.69) is 32.1 Å². The Hall–Kier alpha value is -3.06. The van der Waals surface area contributed by atoms with Gasteiger partial charge in [0.25, 0.3) is 0 Å². The highest BCUT2D eigenvalue weighted by molar-refractivity contribution is 6.12. The number of hydrogen-bond acceptors (Lipinski definition) is 6. The summed E-state index contributed by atoms with van der Waals surface area (Å²) in [4.78, 5) is 10.6. The Morgan fingerprint density at radius 3 is 2.90 bits per heavy atom. The lowest BCUT2D eigenvalue weighted by Crippen LogP contribution is -2.21. The molecule has 0 amide bonds. The van der Waals surface area contributed by atoms with Crippen molar-refractivity contribution in [3.8, 4) is 11.5 Å². The number of fused-ring (bicyclic) bond motifs is 3. The number of allylic oxidation sites excluding steroid dienone is 1. The van der Waals surface area contributed by atoms with Gasteiger partial charge in [0.1, 0.15) is 0 Å². The zero-order valence-corrected chi connectivity index (χ0v) is 17.7. The van der Waals surface area contributed by atoms with E-state index in [1.165, 1.54) is 25.9 Å². The largest absolute Gasteiger partial charge is 0.493 e. The predicted octanol–water partition coefficient (Wildman–Crippen LogP) is 4.16. The lowest BCUT2D eigenvalue weighted by Gasteiger charge is -2.15. The molecule has 1 aliphatic heterocycles. The number of pyridine rings is 1. The first-order chi connectivity index (χ1) is 14.7. The Kier molecular flexibility index (Phi) is 6.18. The first-order valence-corrected chi connectivity index (χ1v) is 10.4. The molecule has 0 saturated carbocycles. The molecular weight excluding hydrogens is 378 g/mol. The zero-order chi connectivity index (χ0) is 20.9. The molecule has 2 N–H and O–H groups in total. The normalized spacial score (nSPS) is 15.1. The standard InChI is InChI=1S/C23H29N5O2/c1-16(15-26-24-2)23-22-17-13-20(29-3)21(14-19(17)27-18(22)7-8-25-23)30-12-6-11-28-9-4-5-10-28/h7-8,13-15,26-27H,2,4-6,9-12H2,1,3H3/b16-15+. The van der Waals surface area contributed by atoms with Crippen LogP contribution in [0, 0.1) is 0 Å². The maximum absolute atomic E-state index is 6.09. The number of hydrogen-bond donors (Lipinski definition) is 2. The van der Waals surface area contributed by atoms with E-state index in [1.807, 2.05) is 25.1 Å². The van der Waals surface area contributed by atoms with Gasteiger partial charge in [-0.3, -0.25) is 10.4 Å². The summed E-state index contributed by atoms with van der Waals surface area (Å²) >= 11 is 0. The molecule has 4 rings (SSSR count). The minimum atomic E-state index is 0.674. The van der Waals surface area contributed by atoms with E-state index in [0.717, 1.165) is 57.5 Å². The molecule has 0 aliphatic carbocycles. The molecule has 0 unspecified atom stereocenters. The Morgan fingerprint density at radius 2 is 2.13 bits per heavy atom. The van der Waals surface area contributed by atoms with Gasteiger partial charge >= 0.3 is 0 Å². The molecule has 30 heavy (non-hydrogen) atoms. The Balaban J connectivity index is 1.62. The van der Waals surface area contributed by atoms with E-state index < -0.39 is 0 Å². The molecule has 0 spiro atoms. The maximum Gasteiger partial charge on any atom is 0.163 e. The number of nitrogens with zero attached hydrogens (tertiary/aromatic N) is 3. The van der Waals surface area contributed by atoms with Crippen molar-refractivity contribution in [2.45, 2.75) is 26.2 Å². The van der Waals surface area contributed by atoms with E-state index in [9.17, 15) is 0 Å². The first-order valence-electron chi connectivity index (χ1n) is 10.4. The number of aromatic amines is 1. The Morgan fingerprint density at radius 1 is 1.30 bits per heavy atom. The summed E-state index contributed by atoms with van der Waals surface area (Å²) in [5.41, 5.74) is 6.65. The minimum absolute atomic E-state index is 0.674. The number of hydrazone groups is 1. The third-order valence-corrected chi connectivity index (χ3v) is 5.61. The third kappa shape index (κ3) is 4.11. The molecule has 0 radical (unpaired) electrons. The number of ether oxygens (including phenoxy) is 2. The summed E-state index contributed by atoms with van der Waals surface area (Å²) in [6.45, 7) is 9.64. The van der Waals surface area contributed by atoms with Gasteiger partial charge in [0, 0.05) is 42.5 Å². The van der Waals surface area contributed by atoms with Gasteiger partial charge in [0.2, 0.25) is 0 Å². The monoisotopic (exact) mass is 407 g/mol. The van der Waals surface area contributed by atoms with Gasteiger partial charge in [-0.25, -0.2) is 0 Å². The van der Waals surface area contributed by atoms with Crippen LogP contribution >= 0.6 is 0 Å². The van der Waals surface area contributed by atoms with E-state index in [4.69, 9.17) is 9.47 Å². The van der Waals surface area contributed by atoms with E-state index >= 15 is 0 Å². The summed E-state index contributed by atoms with van der Waals surface area (Å²) < 4.78 is 11.7. The molecule has 158 valence electrons. The summed E-state index contributed by atoms with van der Waals surface area (Å²) in [7, 11) is 1.68. The molecular formula is C23H29N5O2. The average molecular weight is 408 g/mol. The van der Waals surface area contributed by atoms with Gasteiger partial charge in [-0.15, -0.1) is 0 Å². The summed E-state index contributed by atoms with van der Waals surface area (Å²) in [5, 5.41) is 5.78. The summed E-state index contributed by atoms with van der Waals surface area (Å²) in [5.74, 6) is 1.49. The van der Waals surface area contributed by atoms with Crippen LogP contribution in [0.5, 0.6) is 11.5 Å². The van der Waals surface area contributed by atoms with Crippen molar-refractivity contribution in [2.75, 3.05) is 33.4 Å². The van der Waals surface area contributed by atoms with Gasteiger partial charge < -0.3 is 19.4 Å².